The molecule has 1 aromatic rings. The average Bonchev–Trinajstić information content (AvgIpc) is 2.90. The summed E-state index contributed by atoms with van der Waals surface area (Å²) >= 11 is 7.74. The quantitative estimate of drug-likeness (QED) is 0.784. The first-order valence-corrected chi connectivity index (χ1v) is 8.45. The molecule has 118 valence electrons. The summed E-state index contributed by atoms with van der Waals surface area (Å²) < 4.78 is 0. The number of anilines is 1. The van der Waals surface area contributed by atoms with Crippen molar-refractivity contribution in [3.8, 4) is 0 Å². The molecule has 3 N–H and O–H groups in total. The Morgan fingerprint density at radius 1 is 1.48 bits per heavy atom. The molecule has 0 aromatic heterocycles. The zero-order valence-corrected chi connectivity index (χ0v) is 14.5. The number of carbonyl (C=O) groups is 1. The van der Waals surface area contributed by atoms with Crippen LogP contribution >= 0.6 is 35.8 Å². The van der Waals surface area contributed by atoms with Crippen molar-refractivity contribution in [2.75, 3.05) is 17.6 Å². The molecule has 0 bridgehead atoms. The van der Waals surface area contributed by atoms with Gasteiger partial charge in [-0.3, -0.25) is 4.79 Å². The summed E-state index contributed by atoms with van der Waals surface area (Å²) in [7, 11) is 0. The monoisotopic (exact) mass is 348 g/mol. The predicted octanol–water partition coefficient (Wildman–Crippen LogP) is 4.19. The van der Waals surface area contributed by atoms with Crippen LogP contribution in [0.3, 0.4) is 0 Å². The van der Waals surface area contributed by atoms with Crippen LogP contribution in [-0.4, -0.2) is 18.2 Å². The van der Waals surface area contributed by atoms with E-state index in [0.29, 0.717) is 17.5 Å². The number of thioether (sulfide) groups is 1. The molecule has 0 saturated heterocycles. The molecule has 1 amide bonds. The van der Waals surface area contributed by atoms with Gasteiger partial charge in [-0.05, 0) is 49.3 Å². The van der Waals surface area contributed by atoms with Gasteiger partial charge in [0, 0.05) is 15.8 Å². The third kappa shape index (κ3) is 4.78. The van der Waals surface area contributed by atoms with Gasteiger partial charge in [-0.25, -0.2) is 0 Å². The van der Waals surface area contributed by atoms with Crippen LogP contribution in [0.25, 0.3) is 0 Å². The minimum Gasteiger partial charge on any atom is -0.330 e. The highest BCUT2D eigenvalue weighted by Gasteiger charge is 2.32. The molecule has 1 aliphatic rings. The van der Waals surface area contributed by atoms with Crippen LogP contribution in [0.15, 0.2) is 23.1 Å². The molecule has 0 aliphatic heterocycles. The Balaban J connectivity index is 0.00000220. The fourth-order valence-corrected chi connectivity index (χ4v) is 3.68. The lowest BCUT2D eigenvalue weighted by atomic mass is 9.95. The first-order valence-electron chi connectivity index (χ1n) is 7.09. The predicted molar refractivity (Wildman–Crippen MR) is 93.6 cm³/mol. The van der Waals surface area contributed by atoms with Crippen LogP contribution < -0.4 is 11.1 Å². The Labute approximate surface area is 141 Å². The molecule has 2 rings (SSSR count). The van der Waals surface area contributed by atoms with Gasteiger partial charge >= 0.3 is 0 Å². The van der Waals surface area contributed by atoms with Gasteiger partial charge in [-0.2, -0.15) is 0 Å². The van der Waals surface area contributed by atoms with Gasteiger partial charge in [0.05, 0.1) is 5.69 Å². The van der Waals surface area contributed by atoms with E-state index >= 15 is 0 Å². The van der Waals surface area contributed by atoms with Gasteiger partial charge < -0.3 is 11.1 Å². The largest absolute Gasteiger partial charge is 0.330 e. The summed E-state index contributed by atoms with van der Waals surface area (Å²) in [4.78, 5) is 13.5. The number of carbonyl (C=O) groups excluding carboxylic acids is 1. The van der Waals surface area contributed by atoms with Crippen molar-refractivity contribution >= 4 is 47.4 Å². The van der Waals surface area contributed by atoms with Gasteiger partial charge in [0.2, 0.25) is 5.91 Å². The molecule has 0 heterocycles. The van der Waals surface area contributed by atoms with E-state index in [1.54, 1.807) is 11.8 Å². The lowest BCUT2D eigenvalue weighted by molar-refractivity contribution is -0.120. The van der Waals surface area contributed by atoms with Gasteiger partial charge in [0.15, 0.2) is 0 Å². The second kappa shape index (κ2) is 8.89. The van der Waals surface area contributed by atoms with Crippen molar-refractivity contribution in [2.45, 2.75) is 31.1 Å². The van der Waals surface area contributed by atoms with Crippen LogP contribution in [-0.2, 0) is 4.79 Å². The van der Waals surface area contributed by atoms with Gasteiger partial charge in [0.1, 0.15) is 0 Å². The number of halogens is 2. The van der Waals surface area contributed by atoms with E-state index in [-0.39, 0.29) is 24.2 Å². The molecule has 0 unspecified atom stereocenters. The molecule has 0 radical (unpaired) electrons. The summed E-state index contributed by atoms with van der Waals surface area (Å²) in [6.45, 7) is 2.68. The maximum atomic E-state index is 12.4. The molecule has 21 heavy (non-hydrogen) atoms. The summed E-state index contributed by atoms with van der Waals surface area (Å²) in [6.07, 6.45) is 3.08. The minimum atomic E-state index is 0. The second-order valence-corrected chi connectivity index (χ2v) is 6.84. The molecule has 2 atom stereocenters. The number of rotatable bonds is 5. The summed E-state index contributed by atoms with van der Waals surface area (Å²) in [6, 6.07) is 5.64. The zero-order valence-electron chi connectivity index (χ0n) is 12.1. The van der Waals surface area contributed by atoms with Crippen molar-refractivity contribution < 1.29 is 4.79 Å². The Morgan fingerprint density at radius 3 is 2.90 bits per heavy atom. The fourth-order valence-electron chi connectivity index (χ4n) is 2.77. The van der Waals surface area contributed by atoms with E-state index in [2.05, 4.69) is 12.2 Å². The van der Waals surface area contributed by atoms with Crippen molar-refractivity contribution in [1.29, 1.82) is 0 Å². The van der Waals surface area contributed by atoms with Crippen molar-refractivity contribution in [1.82, 2.24) is 0 Å². The average molecular weight is 349 g/mol. The molecule has 1 aromatic carbocycles. The molecule has 1 fully saturated rings. The van der Waals surface area contributed by atoms with E-state index in [4.69, 9.17) is 17.3 Å². The number of benzene rings is 1. The Morgan fingerprint density at radius 2 is 2.24 bits per heavy atom. The van der Waals surface area contributed by atoms with Crippen LogP contribution in [0.1, 0.15) is 26.2 Å². The van der Waals surface area contributed by atoms with Crippen LogP contribution in [0.5, 0.6) is 0 Å². The number of nitrogens with one attached hydrogen (secondary N) is 1. The molecule has 6 heteroatoms. The highest BCUT2D eigenvalue weighted by Crippen LogP contribution is 2.34. The van der Waals surface area contributed by atoms with Crippen LogP contribution in [0, 0.1) is 11.8 Å². The molecule has 3 nitrogen and oxygen atoms in total. The van der Waals surface area contributed by atoms with E-state index in [1.165, 1.54) is 0 Å². The number of hydrogen-bond donors (Lipinski definition) is 2. The maximum Gasteiger partial charge on any atom is 0.227 e. The number of amides is 1. The van der Waals surface area contributed by atoms with Gasteiger partial charge in [0.25, 0.3) is 0 Å². The summed E-state index contributed by atoms with van der Waals surface area (Å²) in [5, 5.41) is 3.68. The van der Waals surface area contributed by atoms with E-state index in [0.717, 1.165) is 35.6 Å². The number of hydrogen-bond acceptors (Lipinski definition) is 3. The molecule has 0 spiro atoms. The Hall–Kier alpha value is -0.420. The van der Waals surface area contributed by atoms with E-state index < -0.39 is 0 Å². The lowest BCUT2D eigenvalue weighted by Crippen LogP contribution is -2.29. The maximum absolute atomic E-state index is 12.4. The Bertz CT molecular complexity index is 485. The molecular formula is C15H22Cl2N2OS. The normalized spacial score (nSPS) is 20.9. The van der Waals surface area contributed by atoms with Gasteiger partial charge in [-0.1, -0.05) is 24.9 Å². The third-order valence-electron chi connectivity index (χ3n) is 3.80. The van der Waals surface area contributed by atoms with Crippen LogP contribution in [0.2, 0.25) is 5.02 Å². The standard InChI is InChI=1S/C15H21ClN2OS.ClH/c1-2-20-14-7-6-11(16)8-13(14)18-15(19)12-5-3-4-10(12)9-17;/h6-8,10,12H,2-5,9,17H2,1H3,(H,18,19);1H/t10-,12-;/m1./s1. The van der Waals surface area contributed by atoms with Gasteiger partial charge in [-0.15, -0.1) is 24.2 Å². The Kier molecular flexibility index (Phi) is 7.88. The molecule has 1 aliphatic carbocycles. The second-order valence-electron chi connectivity index (χ2n) is 5.10. The van der Waals surface area contributed by atoms with E-state index in [9.17, 15) is 4.79 Å². The SMILES string of the molecule is CCSc1ccc(Cl)cc1NC(=O)[C@@H]1CCC[C@@H]1CN.Cl. The van der Waals surface area contributed by atoms with Crippen molar-refractivity contribution in [2.24, 2.45) is 17.6 Å². The lowest BCUT2D eigenvalue weighted by Gasteiger charge is -2.18. The van der Waals surface area contributed by atoms with Crippen molar-refractivity contribution in [3.63, 3.8) is 0 Å². The molecule has 1 saturated carbocycles. The third-order valence-corrected chi connectivity index (χ3v) is 4.99. The highest BCUT2D eigenvalue weighted by atomic mass is 35.5. The molecular weight excluding hydrogens is 327 g/mol. The first-order chi connectivity index (χ1) is 9.65. The van der Waals surface area contributed by atoms with E-state index in [1.807, 2.05) is 18.2 Å². The first kappa shape index (κ1) is 18.6. The summed E-state index contributed by atoms with van der Waals surface area (Å²) in [5.41, 5.74) is 6.57. The zero-order chi connectivity index (χ0) is 14.5. The van der Waals surface area contributed by atoms with Crippen LogP contribution in [0.4, 0.5) is 5.69 Å². The summed E-state index contributed by atoms with van der Waals surface area (Å²) in [5.74, 6) is 1.40. The topological polar surface area (TPSA) is 55.1 Å². The highest BCUT2D eigenvalue weighted by molar-refractivity contribution is 7.99. The van der Waals surface area contributed by atoms with Crippen molar-refractivity contribution in [3.05, 3.63) is 23.2 Å². The fraction of sp³-hybridized carbons (Fsp3) is 0.533. The number of nitrogens with two attached hydrogens (primary N) is 1. The smallest absolute Gasteiger partial charge is 0.227 e. The minimum absolute atomic E-state index is 0.